The molecule has 27 heavy (non-hydrogen) atoms. The molecule has 0 fully saturated rings. The molecule has 142 valence electrons. The van der Waals surface area contributed by atoms with Gasteiger partial charge in [0.1, 0.15) is 5.76 Å². The number of pyridine rings is 1. The lowest BCUT2D eigenvalue weighted by atomic mass is 10.1. The van der Waals surface area contributed by atoms with Crippen molar-refractivity contribution in [3.8, 4) is 0 Å². The summed E-state index contributed by atoms with van der Waals surface area (Å²) < 4.78 is 32.5. The molecule has 1 N–H and O–H groups in total. The van der Waals surface area contributed by atoms with E-state index in [-0.39, 0.29) is 47.2 Å². The fourth-order valence-corrected chi connectivity index (χ4v) is 4.31. The van der Waals surface area contributed by atoms with Crippen molar-refractivity contribution >= 4 is 27.6 Å². The summed E-state index contributed by atoms with van der Waals surface area (Å²) in [6.07, 6.45) is 1.45. The molecule has 0 saturated heterocycles. The van der Waals surface area contributed by atoms with Gasteiger partial charge in [-0.1, -0.05) is 17.7 Å². The molecule has 1 aliphatic heterocycles. The maximum Gasteiger partial charge on any atom is 0.337 e. The molecule has 0 bridgehead atoms. The SMILES string of the molecule is CCOC(=O)C1=C(O)c2cccnc2N(S(=O)(=O)c2ccc(C)cc2)CC1. The van der Waals surface area contributed by atoms with Gasteiger partial charge in [0.15, 0.2) is 5.82 Å². The number of hydrogen-bond donors (Lipinski definition) is 1. The van der Waals surface area contributed by atoms with Crippen molar-refractivity contribution in [1.82, 2.24) is 4.98 Å². The largest absolute Gasteiger partial charge is 0.507 e. The van der Waals surface area contributed by atoms with E-state index in [9.17, 15) is 18.3 Å². The number of rotatable bonds is 4. The van der Waals surface area contributed by atoms with E-state index < -0.39 is 16.0 Å². The Balaban J connectivity index is 2.10. The molecular formula is C19H20N2O5S. The molecule has 0 unspecified atom stereocenters. The van der Waals surface area contributed by atoms with E-state index in [0.717, 1.165) is 9.87 Å². The summed E-state index contributed by atoms with van der Waals surface area (Å²) in [5, 5.41) is 10.6. The second-order valence-electron chi connectivity index (χ2n) is 6.06. The number of esters is 1. The molecule has 0 saturated carbocycles. The van der Waals surface area contributed by atoms with Crippen molar-refractivity contribution in [3.05, 3.63) is 59.3 Å². The first-order valence-corrected chi connectivity index (χ1v) is 9.94. The highest BCUT2D eigenvalue weighted by Crippen LogP contribution is 2.34. The molecule has 1 aromatic heterocycles. The van der Waals surface area contributed by atoms with Crippen LogP contribution in [-0.2, 0) is 19.6 Å². The lowest BCUT2D eigenvalue weighted by Crippen LogP contribution is -2.33. The van der Waals surface area contributed by atoms with Crippen molar-refractivity contribution in [3.63, 3.8) is 0 Å². The number of ether oxygens (including phenoxy) is 1. The third-order valence-corrected chi connectivity index (χ3v) is 6.06. The first-order valence-electron chi connectivity index (χ1n) is 8.50. The van der Waals surface area contributed by atoms with E-state index >= 15 is 0 Å². The maximum atomic E-state index is 13.2. The predicted octanol–water partition coefficient (Wildman–Crippen LogP) is 2.82. The van der Waals surface area contributed by atoms with Gasteiger partial charge >= 0.3 is 5.97 Å². The van der Waals surface area contributed by atoms with E-state index in [1.807, 2.05) is 6.92 Å². The Labute approximate surface area is 158 Å². The van der Waals surface area contributed by atoms with Crippen LogP contribution in [0.5, 0.6) is 0 Å². The highest BCUT2D eigenvalue weighted by molar-refractivity contribution is 7.92. The lowest BCUT2D eigenvalue weighted by molar-refractivity contribution is -0.138. The summed E-state index contributed by atoms with van der Waals surface area (Å²) >= 11 is 0. The highest BCUT2D eigenvalue weighted by atomic mass is 32.2. The number of aromatic nitrogens is 1. The third-order valence-electron chi connectivity index (χ3n) is 4.26. The maximum absolute atomic E-state index is 13.2. The number of hydrogen-bond acceptors (Lipinski definition) is 6. The molecule has 2 aromatic rings. The zero-order valence-electron chi connectivity index (χ0n) is 15.0. The molecule has 3 rings (SSSR count). The van der Waals surface area contributed by atoms with E-state index in [2.05, 4.69) is 4.98 Å². The van der Waals surface area contributed by atoms with Crippen LogP contribution >= 0.6 is 0 Å². The molecule has 0 spiro atoms. The zero-order chi connectivity index (χ0) is 19.6. The standard InChI is InChI=1S/C19H20N2O5S/c1-3-26-19(23)16-10-12-21(18-15(17(16)22)5-4-11-20-18)27(24,25)14-8-6-13(2)7-9-14/h4-9,11,22H,3,10,12H2,1-2H3. The summed E-state index contributed by atoms with van der Waals surface area (Å²) in [6.45, 7) is 3.64. The average Bonchev–Trinajstić information content (AvgIpc) is 2.80. The topological polar surface area (TPSA) is 96.8 Å². The highest BCUT2D eigenvalue weighted by Gasteiger charge is 2.33. The van der Waals surface area contributed by atoms with Crippen LogP contribution in [0.1, 0.15) is 24.5 Å². The van der Waals surface area contributed by atoms with Crippen molar-refractivity contribution in [2.24, 2.45) is 0 Å². The van der Waals surface area contributed by atoms with Gasteiger partial charge in [0.05, 0.1) is 22.6 Å². The Morgan fingerprint density at radius 2 is 1.96 bits per heavy atom. The number of fused-ring (bicyclic) bond motifs is 1. The van der Waals surface area contributed by atoms with Gasteiger partial charge in [0.25, 0.3) is 10.0 Å². The fourth-order valence-electron chi connectivity index (χ4n) is 2.87. The monoisotopic (exact) mass is 388 g/mol. The Bertz CT molecular complexity index is 997. The van der Waals surface area contributed by atoms with E-state index in [4.69, 9.17) is 4.74 Å². The van der Waals surface area contributed by atoms with Gasteiger partial charge in [-0.15, -0.1) is 0 Å². The van der Waals surface area contributed by atoms with Crippen molar-refractivity contribution in [1.29, 1.82) is 0 Å². The molecule has 0 amide bonds. The molecule has 0 aliphatic carbocycles. The van der Waals surface area contributed by atoms with Gasteiger partial charge in [-0.3, -0.25) is 0 Å². The molecule has 1 aliphatic rings. The minimum absolute atomic E-state index is 0.00607. The number of aryl methyl sites for hydroxylation is 1. The summed E-state index contributed by atoms with van der Waals surface area (Å²) in [5.41, 5.74) is 1.15. The van der Waals surface area contributed by atoms with Crippen LogP contribution in [0.4, 0.5) is 5.82 Å². The fraction of sp³-hybridized carbons (Fsp3) is 0.263. The first kappa shape index (κ1) is 18.9. The van der Waals surface area contributed by atoms with Crippen LogP contribution in [0.15, 0.2) is 53.1 Å². The smallest absolute Gasteiger partial charge is 0.337 e. The van der Waals surface area contributed by atoms with E-state index in [1.165, 1.54) is 24.4 Å². The molecule has 8 heteroatoms. The number of anilines is 1. The number of aliphatic hydroxyl groups excluding tert-OH is 1. The Morgan fingerprint density at radius 3 is 2.63 bits per heavy atom. The first-order chi connectivity index (χ1) is 12.9. The van der Waals surface area contributed by atoms with Crippen molar-refractivity contribution in [2.45, 2.75) is 25.2 Å². The summed E-state index contributed by atoms with van der Waals surface area (Å²) in [6, 6.07) is 9.57. The zero-order valence-corrected chi connectivity index (χ0v) is 15.9. The van der Waals surface area contributed by atoms with Crippen LogP contribution < -0.4 is 4.31 Å². The summed E-state index contributed by atoms with van der Waals surface area (Å²) in [4.78, 5) is 16.5. The predicted molar refractivity (Wildman–Crippen MR) is 101 cm³/mol. The quantitative estimate of drug-likeness (QED) is 0.809. The molecule has 0 atom stereocenters. The van der Waals surface area contributed by atoms with Crippen LogP contribution in [0.2, 0.25) is 0 Å². The average molecular weight is 388 g/mol. The van der Waals surface area contributed by atoms with Gasteiger partial charge in [0.2, 0.25) is 0 Å². The second-order valence-corrected chi connectivity index (χ2v) is 7.92. The number of carbonyl (C=O) groups excluding carboxylic acids is 1. The van der Waals surface area contributed by atoms with Crippen LogP contribution in [0.25, 0.3) is 5.76 Å². The number of sulfonamides is 1. The number of carbonyl (C=O) groups is 1. The lowest BCUT2D eigenvalue weighted by Gasteiger charge is -2.23. The molecule has 0 radical (unpaired) electrons. The van der Waals surface area contributed by atoms with Gasteiger partial charge < -0.3 is 9.84 Å². The van der Waals surface area contributed by atoms with Crippen LogP contribution in [0.3, 0.4) is 0 Å². The van der Waals surface area contributed by atoms with Crippen LogP contribution in [0, 0.1) is 6.92 Å². The van der Waals surface area contributed by atoms with Gasteiger partial charge in [-0.05, 0) is 38.1 Å². The Kier molecular flexibility index (Phi) is 5.18. The number of benzene rings is 1. The van der Waals surface area contributed by atoms with Gasteiger partial charge in [-0.25, -0.2) is 22.5 Å². The normalized spacial score (nSPS) is 14.5. The molecule has 7 nitrogen and oxygen atoms in total. The van der Waals surface area contributed by atoms with Gasteiger partial charge in [-0.2, -0.15) is 0 Å². The summed E-state index contributed by atoms with van der Waals surface area (Å²) in [7, 11) is -3.92. The Hall–Kier alpha value is -2.87. The summed E-state index contributed by atoms with van der Waals surface area (Å²) in [5.74, 6) is -0.896. The Morgan fingerprint density at radius 1 is 1.26 bits per heavy atom. The number of aliphatic hydroxyl groups is 1. The molecule has 2 heterocycles. The van der Waals surface area contributed by atoms with Gasteiger partial charge in [0, 0.05) is 19.2 Å². The van der Waals surface area contributed by atoms with E-state index in [1.54, 1.807) is 25.1 Å². The van der Waals surface area contributed by atoms with Crippen molar-refractivity contribution < 1.29 is 23.1 Å². The number of nitrogens with zero attached hydrogens (tertiary/aromatic N) is 2. The second kappa shape index (κ2) is 7.40. The van der Waals surface area contributed by atoms with E-state index in [0.29, 0.717) is 0 Å². The molecule has 1 aromatic carbocycles. The molecular weight excluding hydrogens is 368 g/mol. The third kappa shape index (κ3) is 3.52. The minimum Gasteiger partial charge on any atom is -0.507 e. The minimum atomic E-state index is -3.92. The van der Waals surface area contributed by atoms with Crippen molar-refractivity contribution in [2.75, 3.05) is 17.5 Å². The van der Waals surface area contributed by atoms with Crippen LogP contribution in [-0.4, -0.2) is 37.6 Å².